The molecule has 2 heterocycles. The summed E-state index contributed by atoms with van der Waals surface area (Å²) < 4.78 is 5.60. The Morgan fingerprint density at radius 1 is 1.44 bits per heavy atom. The molecular formula is C20H25N3O3S. The second-order valence-electron chi connectivity index (χ2n) is 7.27. The summed E-state index contributed by atoms with van der Waals surface area (Å²) in [5, 5.41) is 16.9. The number of nitrogens with zero attached hydrogens (tertiary/aromatic N) is 1. The number of benzene rings is 1. The number of amides is 1. The molecule has 1 fully saturated rings. The Bertz CT molecular complexity index is 845. The van der Waals surface area contributed by atoms with E-state index in [0.717, 1.165) is 35.1 Å². The summed E-state index contributed by atoms with van der Waals surface area (Å²) in [7, 11) is 0. The zero-order chi connectivity index (χ0) is 19.0. The molecule has 1 amide bonds. The van der Waals surface area contributed by atoms with E-state index >= 15 is 0 Å². The minimum atomic E-state index is -0.266. The fourth-order valence-corrected chi connectivity index (χ4v) is 4.75. The number of aryl methyl sites for hydroxylation is 1. The highest BCUT2D eigenvalue weighted by atomic mass is 32.1. The summed E-state index contributed by atoms with van der Waals surface area (Å²) >= 11 is 1.38. The van der Waals surface area contributed by atoms with Crippen LogP contribution in [0.1, 0.15) is 52.3 Å². The smallest absolute Gasteiger partial charge is 0.263 e. The Morgan fingerprint density at radius 2 is 2.26 bits per heavy atom. The Morgan fingerprint density at radius 3 is 3.00 bits per heavy atom. The van der Waals surface area contributed by atoms with E-state index in [-0.39, 0.29) is 24.0 Å². The van der Waals surface area contributed by atoms with Crippen LogP contribution in [0, 0.1) is 12.8 Å². The normalized spacial score (nSPS) is 21.7. The third-order valence-corrected chi connectivity index (χ3v) is 6.43. The Balaban J connectivity index is 1.57. The van der Waals surface area contributed by atoms with Gasteiger partial charge in [0.2, 0.25) is 0 Å². The van der Waals surface area contributed by atoms with Crippen molar-refractivity contribution >= 4 is 22.4 Å². The predicted molar refractivity (Wildman–Crippen MR) is 106 cm³/mol. The van der Waals surface area contributed by atoms with Crippen molar-refractivity contribution in [3.05, 3.63) is 39.9 Å². The van der Waals surface area contributed by atoms with E-state index < -0.39 is 0 Å². The summed E-state index contributed by atoms with van der Waals surface area (Å²) in [5.74, 6) is 1.08. The fraction of sp³-hybridized carbons (Fsp3) is 0.500. The molecule has 1 aliphatic heterocycles. The average Bonchev–Trinajstić information content (AvgIpc) is 3.23. The van der Waals surface area contributed by atoms with Gasteiger partial charge >= 0.3 is 0 Å². The standard InChI is InChI=1S/C20H25N3O3S/c1-3-21-20-22-11(2)18(27-20)19(25)23-17(14-9-15(24)10-14)13-4-5-16-12(8-13)6-7-26-16/h4-5,8,14-15,17,24H,3,6-7,9-10H2,1-2H3,(H,21,22)(H,23,25)/t14?,15?,17-/m0/s1. The molecule has 4 rings (SSSR count). The average molecular weight is 388 g/mol. The van der Waals surface area contributed by atoms with Gasteiger partial charge in [0.1, 0.15) is 10.6 Å². The summed E-state index contributed by atoms with van der Waals surface area (Å²) in [6, 6.07) is 6.05. The van der Waals surface area contributed by atoms with Crippen molar-refractivity contribution in [1.82, 2.24) is 10.3 Å². The molecule has 0 spiro atoms. The quantitative estimate of drug-likeness (QED) is 0.710. The largest absolute Gasteiger partial charge is 0.493 e. The van der Waals surface area contributed by atoms with Crippen molar-refractivity contribution in [2.24, 2.45) is 5.92 Å². The van der Waals surface area contributed by atoms with Crippen LogP contribution in [-0.2, 0) is 6.42 Å². The van der Waals surface area contributed by atoms with Gasteiger partial charge in [0.05, 0.1) is 24.4 Å². The third-order valence-electron chi connectivity index (χ3n) is 5.31. The van der Waals surface area contributed by atoms with Crippen LogP contribution in [0.2, 0.25) is 0 Å². The number of ether oxygens (including phenoxy) is 1. The summed E-state index contributed by atoms with van der Waals surface area (Å²) in [4.78, 5) is 18.0. The van der Waals surface area contributed by atoms with E-state index in [2.05, 4.69) is 21.7 Å². The minimum absolute atomic E-state index is 0.0997. The molecule has 3 N–H and O–H groups in total. The van der Waals surface area contributed by atoms with Crippen LogP contribution in [0.4, 0.5) is 5.13 Å². The number of rotatable bonds is 6. The molecule has 1 aliphatic carbocycles. The van der Waals surface area contributed by atoms with Gasteiger partial charge in [0.25, 0.3) is 5.91 Å². The van der Waals surface area contributed by atoms with Crippen LogP contribution in [0.25, 0.3) is 0 Å². The van der Waals surface area contributed by atoms with Crippen LogP contribution in [0.15, 0.2) is 18.2 Å². The van der Waals surface area contributed by atoms with Crippen LogP contribution in [-0.4, -0.2) is 35.3 Å². The molecule has 0 saturated heterocycles. The van der Waals surface area contributed by atoms with E-state index in [9.17, 15) is 9.90 Å². The molecule has 1 aromatic carbocycles. The molecule has 6 nitrogen and oxygen atoms in total. The SMILES string of the molecule is CCNc1nc(C)c(C(=O)N[C@@H](c2ccc3c(c2)CCO3)C2CC(O)C2)s1. The Labute approximate surface area is 163 Å². The number of aliphatic hydroxyl groups is 1. The predicted octanol–water partition coefficient (Wildman–Crippen LogP) is 3.06. The highest BCUT2D eigenvalue weighted by Crippen LogP contribution is 2.40. The van der Waals surface area contributed by atoms with E-state index in [1.54, 1.807) is 0 Å². The van der Waals surface area contributed by atoms with E-state index in [1.165, 1.54) is 16.9 Å². The summed E-state index contributed by atoms with van der Waals surface area (Å²) in [6.45, 7) is 5.35. The lowest BCUT2D eigenvalue weighted by molar-refractivity contribution is 0.0235. The molecule has 0 bridgehead atoms. The summed E-state index contributed by atoms with van der Waals surface area (Å²) in [5.41, 5.74) is 3.01. The van der Waals surface area contributed by atoms with Gasteiger partial charge in [-0.2, -0.15) is 0 Å². The Kier molecular flexibility index (Phi) is 5.06. The van der Waals surface area contributed by atoms with Gasteiger partial charge in [-0.1, -0.05) is 17.4 Å². The molecule has 2 aliphatic rings. The van der Waals surface area contributed by atoms with Crippen molar-refractivity contribution in [2.45, 2.75) is 45.3 Å². The van der Waals surface area contributed by atoms with Gasteiger partial charge in [-0.3, -0.25) is 4.79 Å². The second-order valence-corrected chi connectivity index (χ2v) is 8.27. The van der Waals surface area contributed by atoms with Crippen LogP contribution < -0.4 is 15.4 Å². The maximum Gasteiger partial charge on any atom is 0.263 e. The molecule has 7 heteroatoms. The highest BCUT2D eigenvalue weighted by molar-refractivity contribution is 7.17. The van der Waals surface area contributed by atoms with Crippen molar-refractivity contribution < 1.29 is 14.6 Å². The van der Waals surface area contributed by atoms with Gasteiger partial charge in [0.15, 0.2) is 5.13 Å². The topological polar surface area (TPSA) is 83.5 Å². The number of anilines is 1. The number of carbonyl (C=O) groups excluding carboxylic acids is 1. The maximum absolute atomic E-state index is 13.0. The molecule has 1 atom stereocenters. The van der Waals surface area contributed by atoms with Crippen molar-refractivity contribution in [1.29, 1.82) is 0 Å². The molecule has 2 aromatic rings. The molecule has 27 heavy (non-hydrogen) atoms. The zero-order valence-electron chi connectivity index (χ0n) is 15.6. The minimum Gasteiger partial charge on any atom is -0.493 e. The lowest BCUT2D eigenvalue weighted by Gasteiger charge is -2.38. The lowest BCUT2D eigenvalue weighted by atomic mass is 9.75. The monoisotopic (exact) mass is 387 g/mol. The first-order valence-electron chi connectivity index (χ1n) is 9.51. The number of fused-ring (bicyclic) bond motifs is 1. The number of nitrogens with one attached hydrogen (secondary N) is 2. The number of aliphatic hydroxyl groups excluding tert-OH is 1. The number of carbonyl (C=O) groups is 1. The maximum atomic E-state index is 13.0. The molecule has 1 aromatic heterocycles. The molecule has 0 radical (unpaired) electrons. The first-order chi connectivity index (χ1) is 13.0. The van der Waals surface area contributed by atoms with Crippen LogP contribution in [0.5, 0.6) is 5.75 Å². The van der Waals surface area contributed by atoms with Gasteiger partial charge in [-0.05, 0) is 55.9 Å². The van der Waals surface area contributed by atoms with Crippen molar-refractivity contribution in [3.63, 3.8) is 0 Å². The molecular weight excluding hydrogens is 362 g/mol. The number of thiazole rings is 1. The third kappa shape index (κ3) is 3.66. The van der Waals surface area contributed by atoms with E-state index in [1.807, 2.05) is 26.0 Å². The van der Waals surface area contributed by atoms with Gasteiger partial charge in [0, 0.05) is 13.0 Å². The van der Waals surface area contributed by atoms with Gasteiger partial charge in [-0.15, -0.1) is 0 Å². The van der Waals surface area contributed by atoms with Gasteiger partial charge in [-0.25, -0.2) is 4.98 Å². The van der Waals surface area contributed by atoms with Crippen molar-refractivity contribution in [2.75, 3.05) is 18.5 Å². The summed E-state index contributed by atoms with van der Waals surface area (Å²) in [6.07, 6.45) is 2.06. The molecule has 144 valence electrons. The van der Waals surface area contributed by atoms with E-state index in [4.69, 9.17) is 4.74 Å². The Hall–Kier alpha value is -2.12. The van der Waals surface area contributed by atoms with Crippen LogP contribution in [0.3, 0.4) is 0 Å². The number of hydrogen-bond donors (Lipinski definition) is 3. The first kappa shape index (κ1) is 18.3. The fourth-order valence-electron chi connectivity index (χ4n) is 3.82. The number of hydrogen-bond acceptors (Lipinski definition) is 6. The zero-order valence-corrected chi connectivity index (χ0v) is 16.4. The second kappa shape index (κ2) is 7.48. The lowest BCUT2D eigenvalue weighted by Crippen LogP contribution is -2.41. The van der Waals surface area contributed by atoms with Crippen molar-refractivity contribution in [3.8, 4) is 5.75 Å². The molecule has 0 unspecified atom stereocenters. The van der Waals surface area contributed by atoms with Crippen LogP contribution >= 0.6 is 11.3 Å². The number of aromatic nitrogens is 1. The highest BCUT2D eigenvalue weighted by Gasteiger charge is 2.36. The molecule has 1 saturated carbocycles. The van der Waals surface area contributed by atoms with E-state index in [0.29, 0.717) is 24.3 Å². The van der Waals surface area contributed by atoms with Gasteiger partial charge < -0.3 is 20.5 Å². The first-order valence-corrected chi connectivity index (χ1v) is 10.3.